The number of rotatable bonds is 0. The SMILES string of the molecule is O[C@@H]1CCC=CCCC=CCC[C@@H]1O.O[C@@H]1CCC=CCCC=CCC[C@@H]1O. The van der Waals surface area contributed by atoms with E-state index in [2.05, 4.69) is 48.6 Å². The summed E-state index contributed by atoms with van der Waals surface area (Å²) < 4.78 is 0. The van der Waals surface area contributed by atoms with Crippen LogP contribution in [0.4, 0.5) is 0 Å². The molecule has 0 saturated carbocycles. The third-order valence-electron chi connectivity index (χ3n) is 5.07. The van der Waals surface area contributed by atoms with Crippen LogP contribution in [0.3, 0.4) is 0 Å². The molecule has 0 aromatic rings. The summed E-state index contributed by atoms with van der Waals surface area (Å²) in [7, 11) is 0. The van der Waals surface area contributed by atoms with Gasteiger partial charge in [-0.2, -0.15) is 0 Å². The third-order valence-corrected chi connectivity index (χ3v) is 5.07. The molecule has 0 amide bonds. The lowest BCUT2D eigenvalue weighted by molar-refractivity contribution is 0.0111. The molecule has 0 aliphatic heterocycles. The molecule has 0 saturated heterocycles. The Hall–Kier alpha value is -1.20. The Balaban J connectivity index is 0.000000280. The van der Waals surface area contributed by atoms with Crippen LogP contribution < -0.4 is 0 Å². The van der Waals surface area contributed by atoms with Crippen LogP contribution in [0.25, 0.3) is 0 Å². The maximum atomic E-state index is 9.55. The van der Waals surface area contributed by atoms with Gasteiger partial charge in [0, 0.05) is 0 Å². The molecule has 0 fully saturated rings. The molecule has 2 aliphatic rings. The zero-order valence-corrected chi connectivity index (χ0v) is 17.2. The van der Waals surface area contributed by atoms with E-state index in [-0.39, 0.29) is 0 Å². The Morgan fingerprint density at radius 1 is 0.321 bits per heavy atom. The van der Waals surface area contributed by atoms with Gasteiger partial charge in [-0.25, -0.2) is 0 Å². The molecule has 0 unspecified atom stereocenters. The molecular weight excluding hydrogens is 352 g/mol. The summed E-state index contributed by atoms with van der Waals surface area (Å²) in [5.74, 6) is 0. The highest BCUT2D eigenvalue weighted by Gasteiger charge is 2.14. The average molecular weight is 393 g/mol. The molecule has 4 heteroatoms. The quantitative estimate of drug-likeness (QED) is 0.462. The van der Waals surface area contributed by atoms with Gasteiger partial charge in [0.25, 0.3) is 0 Å². The van der Waals surface area contributed by atoms with Crippen molar-refractivity contribution in [1.82, 2.24) is 0 Å². The highest BCUT2D eigenvalue weighted by molar-refractivity contribution is 4.91. The normalized spacial score (nSPS) is 30.7. The van der Waals surface area contributed by atoms with Crippen LogP contribution in [-0.4, -0.2) is 44.8 Å². The lowest BCUT2D eigenvalue weighted by Gasteiger charge is -2.16. The molecule has 2 rings (SSSR count). The monoisotopic (exact) mass is 392 g/mol. The second-order valence-corrected chi connectivity index (χ2v) is 7.62. The first-order valence-corrected chi connectivity index (χ1v) is 10.9. The first-order chi connectivity index (χ1) is 13.6. The summed E-state index contributed by atoms with van der Waals surface area (Å²) in [6.07, 6.45) is 25.1. The Morgan fingerprint density at radius 3 is 0.714 bits per heavy atom. The first-order valence-electron chi connectivity index (χ1n) is 10.9. The number of hydrogen-bond donors (Lipinski definition) is 4. The van der Waals surface area contributed by atoms with Crippen LogP contribution in [0, 0.1) is 0 Å². The van der Waals surface area contributed by atoms with Gasteiger partial charge < -0.3 is 20.4 Å². The van der Waals surface area contributed by atoms with Crippen LogP contribution in [0.15, 0.2) is 48.6 Å². The number of allylic oxidation sites excluding steroid dienone is 8. The van der Waals surface area contributed by atoms with E-state index in [1.54, 1.807) is 0 Å². The van der Waals surface area contributed by atoms with Crippen molar-refractivity contribution in [2.24, 2.45) is 0 Å². The van der Waals surface area contributed by atoms with E-state index in [1.165, 1.54) is 0 Å². The van der Waals surface area contributed by atoms with E-state index in [0.717, 1.165) is 51.4 Å². The minimum atomic E-state index is -0.563. The van der Waals surface area contributed by atoms with E-state index in [9.17, 15) is 20.4 Å². The molecule has 0 spiro atoms. The van der Waals surface area contributed by atoms with Crippen molar-refractivity contribution in [1.29, 1.82) is 0 Å². The van der Waals surface area contributed by atoms with Crippen molar-refractivity contribution < 1.29 is 20.4 Å². The van der Waals surface area contributed by atoms with E-state index in [4.69, 9.17) is 0 Å². The average Bonchev–Trinajstić information content (AvgIpc) is 2.68. The standard InChI is InChI=1S/2C12H20O2/c2*13-11-9-7-5-3-1-2-4-6-8-10-12(11)14/h2*3-6,11-14H,1-2,7-10H2/t2*11-,12+. The first kappa shape index (κ1) is 24.8. The summed E-state index contributed by atoms with van der Waals surface area (Å²) in [5, 5.41) is 38.2. The van der Waals surface area contributed by atoms with Gasteiger partial charge in [0.15, 0.2) is 0 Å². The van der Waals surface area contributed by atoms with Gasteiger partial charge in [0.1, 0.15) is 0 Å². The summed E-state index contributed by atoms with van der Waals surface area (Å²) in [5.41, 5.74) is 0. The molecular formula is C24H40O4. The summed E-state index contributed by atoms with van der Waals surface area (Å²) in [4.78, 5) is 0. The Morgan fingerprint density at radius 2 is 0.500 bits per heavy atom. The van der Waals surface area contributed by atoms with E-state index in [1.807, 2.05) is 0 Å². The highest BCUT2D eigenvalue weighted by atomic mass is 16.3. The minimum Gasteiger partial charge on any atom is -0.390 e. The second kappa shape index (κ2) is 16.7. The van der Waals surface area contributed by atoms with Gasteiger partial charge in [0.2, 0.25) is 0 Å². The molecule has 0 bridgehead atoms. The van der Waals surface area contributed by atoms with E-state index in [0.29, 0.717) is 25.7 Å². The Labute approximate surface area is 171 Å². The lowest BCUT2D eigenvalue weighted by Crippen LogP contribution is -2.25. The van der Waals surface area contributed by atoms with E-state index >= 15 is 0 Å². The van der Waals surface area contributed by atoms with E-state index < -0.39 is 24.4 Å². The summed E-state index contributed by atoms with van der Waals surface area (Å²) in [6, 6.07) is 0. The van der Waals surface area contributed by atoms with Crippen molar-refractivity contribution in [3.8, 4) is 0 Å². The zero-order chi connectivity index (χ0) is 20.5. The van der Waals surface area contributed by atoms with Gasteiger partial charge in [-0.3, -0.25) is 0 Å². The maximum Gasteiger partial charge on any atom is 0.0802 e. The van der Waals surface area contributed by atoms with Crippen LogP contribution in [-0.2, 0) is 0 Å². The fourth-order valence-electron chi connectivity index (χ4n) is 3.17. The topological polar surface area (TPSA) is 80.9 Å². The van der Waals surface area contributed by atoms with Gasteiger partial charge >= 0.3 is 0 Å². The lowest BCUT2D eigenvalue weighted by atomic mass is 10.0. The van der Waals surface area contributed by atoms with Crippen molar-refractivity contribution in [2.45, 2.75) is 101 Å². The Bertz CT molecular complexity index is 393. The van der Waals surface area contributed by atoms with Gasteiger partial charge in [-0.1, -0.05) is 48.6 Å². The molecule has 0 aromatic carbocycles. The molecule has 4 nitrogen and oxygen atoms in total. The van der Waals surface area contributed by atoms with Crippen LogP contribution in [0.1, 0.15) is 77.0 Å². The number of aliphatic hydroxyl groups is 4. The van der Waals surface area contributed by atoms with Crippen LogP contribution in [0.2, 0.25) is 0 Å². The summed E-state index contributed by atoms with van der Waals surface area (Å²) >= 11 is 0. The fourth-order valence-corrected chi connectivity index (χ4v) is 3.17. The molecule has 0 aromatic heterocycles. The maximum absolute atomic E-state index is 9.55. The van der Waals surface area contributed by atoms with Crippen molar-refractivity contribution in [3.05, 3.63) is 48.6 Å². The molecule has 0 radical (unpaired) electrons. The predicted molar refractivity (Wildman–Crippen MR) is 116 cm³/mol. The van der Waals surface area contributed by atoms with Gasteiger partial charge in [0.05, 0.1) is 24.4 Å². The van der Waals surface area contributed by atoms with Crippen molar-refractivity contribution >= 4 is 0 Å². The largest absolute Gasteiger partial charge is 0.390 e. The van der Waals surface area contributed by atoms with Crippen LogP contribution >= 0.6 is 0 Å². The molecule has 4 atom stereocenters. The van der Waals surface area contributed by atoms with Crippen molar-refractivity contribution in [3.63, 3.8) is 0 Å². The van der Waals surface area contributed by atoms with Crippen LogP contribution in [0.5, 0.6) is 0 Å². The zero-order valence-electron chi connectivity index (χ0n) is 17.2. The van der Waals surface area contributed by atoms with Crippen molar-refractivity contribution in [2.75, 3.05) is 0 Å². The third kappa shape index (κ3) is 13.1. The van der Waals surface area contributed by atoms with Gasteiger partial charge in [-0.05, 0) is 77.0 Å². The number of aliphatic hydroxyl groups excluding tert-OH is 4. The van der Waals surface area contributed by atoms with Gasteiger partial charge in [-0.15, -0.1) is 0 Å². The Kier molecular flexibility index (Phi) is 14.8. The molecule has 2 aliphatic carbocycles. The molecule has 160 valence electrons. The minimum absolute atomic E-state index is 0.563. The predicted octanol–water partition coefficient (Wildman–Crippen LogP) is 4.35. The molecule has 28 heavy (non-hydrogen) atoms. The fraction of sp³-hybridized carbons (Fsp3) is 0.667. The second-order valence-electron chi connectivity index (χ2n) is 7.62. The summed E-state index contributed by atoms with van der Waals surface area (Å²) in [6.45, 7) is 0. The highest BCUT2D eigenvalue weighted by Crippen LogP contribution is 2.12. The number of hydrogen-bond acceptors (Lipinski definition) is 4. The smallest absolute Gasteiger partial charge is 0.0802 e. The molecule has 4 N–H and O–H groups in total. The molecule has 0 heterocycles.